The van der Waals surface area contributed by atoms with Gasteiger partial charge < -0.3 is 5.11 Å². The molecule has 0 saturated carbocycles. The van der Waals surface area contributed by atoms with Gasteiger partial charge in [0.2, 0.25) is 0 Å². The summed E-state index contributed by atoms with van der Waals surface area (Å²) in [6, 6.07) is 5.80. The molecule has 0 spiro atoms. The predicted octanol–water partition coefficient (Wildman–Crippen LogP) is 1.62. The molecular weight excluding hydrogens is 164 g/mol. The van der Waals surface area contributed by atoms with Crippen LogP contribution in [-0.2, 0) is 13.0 Å². The fraction of sp³-hybridized carbons (Fsp3) is 0.300. The second-order valence-corrected chi connectivity index (χ2v) is 3.07. The summed E-state index contributed by atoms with van der Waals surface area (Å²) in [6.45, 7) is 2.17. The van der Waals surface area contributed by atoms with Crippen molar-refractivity contribution in [1.29, 1.82) is 0 Å². The van der Waals surface area contributed by atoms with Gasteiger partial charge >= 0.3 is 0 Å². The maximum absolute atomic E-state index is 8.97. The van der Waals surface area contributed by atoms with Crippen molar-refractivity contribution in [2.24, 2.45) is 0 Å². The van der Waals surface area contributed by atoms with E-state index in [1.165, 1.54) is 0 Å². The van der Waals surface area contributed by atoms with Crippen molar-refractivity contribution >= 4 is 10.9 Å². The lowest BCUT2D eigenvalue weighted by Crippen LogP contribution is -1.83. The smallest absolute Gasteiger partial charge is 0.0923 e. The Hall–Kier alpha value is -1.35. The fourth-order valence-corrected chi connectivity index (χ4v) is 1.48. The number of hydrogen-bond donors (Lipinski definition) is 2. The molecule has 0 amide bonds. The molecule has 1 aromatic heterocycles. The van der Waals surface area contributed by atoms with Gasteiger partial charge in [-0.2, -0.15) is 5.10 Å². The van der Waals surface area contributed by atoms with Crippen LogP contribution in [0.4, 0.5) is 0 Å². The van der Waals surface area contributed by atoms with Crippen LogP contribution >= 0.6 is 0 Å². The van der Waals surface area contributed by atoms with E-state index in [1.54, 1.807) is 0 Å². The summed E-state index contributed by atoms with van der Waals surface area (Å²) in [4.78, 5) is 0. The largest absolute Gasteiger partial charge is 0.392 e. The highest BCUT2D eigenvalue weighted by atomic mass is 16.3. The minimum Gasteiger partial charge on any atom is -0.392 e. The first-order valence-corrected chi connectivity index (χ1v) is 4.42. The summed E-state index contributed by atoms with van der Waals surface area (Å²) < 4.78 is 0. The maximum atomic E-state index is 8.97. The molecule has 1 heterocycles. The highest BCUT2D eigenvalue weighted by molar-refractivity contribution is 5.81. The van der Waals surface area contributed by atoms with Crippen molar-refractivity contribution in [3.8, 4) is 0 Å². The summed E-state index contributed by atoms with van der Waals surface area (Å²) in [5.74, 6) is 0. The van der Waals surface area contributed by atoms with E-state index in [-0.39, 0.29) is 6.61 Å². The molecule has 0 saturated heterocycles. The monoisotopic (exact) mass is 176 g/mol. The molecule has 68 valence electrons. The van der Waals surface area contributed by atoms with Gasteiger partial charge in [-0.25, -0.2) is 0 Å². The SMILES string of the molecule is CCc1[nH]nc2ccc(CO)cc12. The Morgan fingerprint density at radius 1 is 1.46 bits per heavy atom. The summed E-state index contributed by atoms with van der Waals surface area (Å²) in [5.41, 5.74) is 3.03. The molecule has 13 heavy (non-hydrogen) atoms. The second kappa shape index (κ2) is 3.18. The molecule has 0 aliphatic carbocycles. The molecule has 2 aromatic rings. The number of fused-ring (bicyclic) bond motifs is 1. The number of aromatic amines is 1. The number of H-pyrrole nitrogens is 1. The minimum atomic E-state index is 0.0876. The van der Waals surface area contributed by atoms with Gasteiger partial charge in [-0.05, 0) is 24.1 Å². The molecule has 2 rings (SSSR count). The van der Waals surface area contributed by atoms with Crippen LogP contribution in [0.15, 0.2) is 18.2 Å². The Morgan fingerprint density at radius 2 is 2.31 bits per heavy atom. The third-order valence-electron chi connectivity index (χ3n) is 2.23. The average Bonchev–Trinajstić information content (AvgIpc) is 2.59. The van der Waals surface area contributed by atoms with Gasteiger partial charge in [-0.15, -0.1) is 0 Å². The highest BCUT2D eigenvalue weighted by Crippen LogP contribution is 2.17. The Kier molecular flexibility index (Phi) is 2.02. The Bertz CT molecular complexity index is 420. The standard InChI is InChI=1S/C10H12N2O/c1-2-9-8-5-7(6-13)3-4-10(8)12-11-9/h3-5,13H,2,6H2,1H3,(H,11,12). The highest BCUT2D eigenvalue weighted by Gasteiger charge is 2.03. The third kappa shape index (κ3) is 1.31. The molecule has 2 N–H and O–H groups in total. The van der Waals surface area contributed by atoms with Crippen molar-refractivity contribution in [3.63, 3.8) is 0 Å². The molecule has 3 heteroatoms. The predicted molar refractivity (Wildman–Crippen MR) is 51.4 cm³/mol. The number of aryl methyl sites for hydroxylation is 1. The van der Waals surface area contributed by atoms with Crippen LogP contribution in [0, 0.1) is 0 Å². The molecule has 0 atom stereocenters. The number of aromatic nitrogens is 2. The lowest BCUT2D eigenvalue weighted by molar-refractivity contribution is 0.282. The van der Waals surface area contributed by atoms with Crippen LogP contribution in [0.25, 0.3) is 10.9 Å². The van der Waals surface area contributed by atoms with E-state index in [1.807, 2.05) is 18.2 Å². The lowest BCUT2D eigenvalue weighted by atomic mass is 10.1. The average molecular weight is 176 g/mol. The zero-order valence-electron chi connectivity index (χ0n) is 7.54. The number of aliphatic hydroxyl groups is 1. The third-order valence-corrected chi connectivity index (χ3v) is 2.23. The van der Waals surface area contributed by atoms with Gasteiger partial charge in [-0.3, -0.25) is 5.10 Å². The normalized spacial score (nSPS) is 10.9. The molecule has 0 bridgehead atoms. The maximum Gasteiger partial charge on any atom is 0.0923 e. The molecule has 0 unspecified atom stereocenters. The molecular formula is C10H12N2O. The Labute approximate surface area is 76.4 Å². The fourth-order valence-electron chi connectivity index (χ4n) is 1.48. The first-order valence-electron chi connectivity index (χ1n) is 4.42. The molecule has 0 aliphatic rings. The Morgan fingerprint density at radius 3 is 3.00 bits per heavy atom. The van der Waals surface area contributed by atoms with E-state index in [9.17, 15) is 0 Å². The van der Waals surface area contributed by atoms with Gasteiger partial charge in [-0.1, -0.05) is 13.0 Å². The van der Waals surface area contributed by atoms with Crippen molar-refractivity contribution in [1.82, 2.24) is 10.2 Å². The molecule has 3 nitrogen and oxygen atoms in total. The van der Waals surface area contributed by atoms with E-state index in [4.69, 9.17) is 5.11 Å². The Balaban J connectivity index is 2.64. The lowest BCUT2D eigenvalue weighted by Gasteiger charge is -1.96. The first kappa shape index (κ1) is 8.26. The van der Waals surface area contributed by atoms with Crippen LogP contribution in [0.3, 0.4) is 0 Å². The minimum absolute atomic E-state index is 0.0876. The number of aliphatic hydroxyl groups excluding tert-OH is 1. The van der Waals surface area contributed by atoms with Crippen molar-refractivity contribution in [2.45, 2.75) is 20.0 Å². The molecule has 0 radical (unpaired) electrons. The van der Waals surface area contributed by atoms with Crippen LogP contribution in [0.1, 0.15) is 18.2 Å². The zero-order chi connectivity index (χ0) is 9.26. The summed E-state index contributed by atoms with van der Waals surface area (Å²) in [6.07, 6.45) is 0.936. The van der Waals surface area contributed by atoms with Gasteiger partial charge in [0, 0.05) is 11.1 Å². The number of benzene rings is 1. The van der Waals surface area contributed by atoms with Crippen molar-refractivity contribution in [2.75, 3.05) is 0 Å². The van der Waals surface area contributed by atoms with Crippen LogP contribution in [0.2, 0.25) is 0 Å². The number of hydrogen-bond acceptors (Lipinski definition) is 2. The van der Waals surface area contributed by atoms with Crippen molar-refractivity contribution in [3.05, 3.63) is 29.5 Å². The van der Waals surface area contributed by atoms with E-state index in [0.717, 1.165) is 28.6 Å². The molecule has 1 aromatic carbocycles. The van der Waals surface area contributed by atoms with Gasteiger partial charge in [0.1, 0.15) is 0 Å². The van der Waals surface area contributed by atoms with Gasteiger partial charge in [0.25, 0.3) is 0 Å². The quantitative estimate of drug-likeness (QED) is 0.730. The van der Waals surface area contributed by atoms with Gasteiger partial charge in [0.05, 0.1) is 12.1 Å². The zero-order valence-corrected chi connectivity index (χ0v) is 7.54. The van der Waals surface area contributed by atoms with E-state index < -0.39 is 0 Å². The molecule has 0 aliphatic heterocycles. The van der Waals surface area contributed by atoms with E-state index in [2.05, 4.69) is 17.1 Å². The second-order valence-electron chi connectivity index (χ2n) is 3.07. The summed E-state index contributed by atoms with van der Waals surface area (Å²) in [5, 5.41) is 17.2. The molecule has 0 fully saturated rings. The van der Waals surface area contributed by atoms with Crippen LogP contribution < -0.4 is 0 Å². The van der Waals surface area contributed by atoms with Crippen LogP contribution in [0.5, 0.6) is 0 Å². The number of nitrogens with one attached hydrogen (secondary N) is 1. The van der Waals surface area contributed by atoms with E-state index >= 15 is 0 Å². The summed E-state index contributed by atoms with van der Waals surface area (Å²) >= 11 is 0. The van der Waals surface area contributed by atoms with E-state index in [0.29, 0.717) is 0 Å². The number of nitrogens with zero attached hydrogens (tertiary/aromatic N) is 1. The first-order chi connectivity index (χ1) is 6.35. The van der Waals surface area contributed by atoms with Crippen LogP contribution in [-0.4, -0.2) is 15.3 Å². The topological polar surface area (TPSA) is 48.9 Å². The van der Waals surface area contributed by atoms with Gasteiger partial charge in [0.15, 0.2) is 0 Å². The van der Waals surface area contributed by atoms with Crippen molar-refractivity contribution < 1.29 is 5.11 Å². The number of rotatable bonds is 2. The summed E-state index contributed by atoms with van der Waals surface area (Å²) in [7, 11) is 0.